The molecule has 116 valence electrons. The van der Waals surface area contributed by atoms with Crippen molar-refractivity contribution in [1.82, 2.24) is 0 Å². The van der Waals surface area contributed by atoms with Crippen LogP contribution in [0.1, 0.15) is 16.8 Å². The fourth-order valence-electron chi connectivity index (χ4n) is 1.43. The third kappa shape index (κ3) is 5.78. The molecule has 0 unspecified atom stereocenters. The number of halogens is 1. The van der Waals surface area contributed by atoms with Crippen molar-refractivity contribution in [3.63, 3.8) is 0 Å². The van der Waals surface area contributed by atoms with Crippen LogP contribution in [0.15, 0.2) is 18.2 Å². The number of benzene rings is 1. The standard InChI is InChI=1S/C12H14FNO6S/c13-8-1-2-10(9(7-8)12(16)17)20-4-6-21(18,19)5-3-11(14)15/h1-2,7H,3-6H2,(H2,14,15)(H,16,17). The van der Waals surface area contributed by atoms with E-state index in [-0.39, 0.29) is 18.8 Å². The summed E-state index contributed by atoms with van der Waals surface area (Å²) in [4.78, 5) is 21.4. The molecule has 0 spiro atoms. The van der Waals surface area contributed by atoms with E-state index in [1.165, 1.54) is 0 Å². The molecule has 21 heavy (non-hydrogen) atoms. The summed E-state index contributed by atoms with van der Waals surface area (Å²) in [6.07, 6.45) is -0.292. The number of nitrogens with two attached hydrogens (primary N) is 1. The molecule has 3 N–H and O–H groups in total. The molecule has 1 amide bonds. The van der Waals surface area contributed by atoms with Crippen molar-refractivity contribution >= 4 is 21.7 Å². The molecule has 7 nitrogen and oxygen atoms in total. The van der Waals surface area contributed by atoms with Crippen LogP contribution in [0.5, 0.6) is 5.75 Å². The van der Waals surface area contributed by atoms with Crippen LogP contribution < -0.4 is 10.5 Å². The van der Waals surface area contributed by atoms with Crippen LogP contribution in [0, 0.1) is 5.82 Å². The van der Waals surface area contributed by atoms with Gasteiger partial charge in [0.25, 0.3) is 0 Å². The Kier molecular flexibility index (Phi) is 5.65. The molecule has 1 rings (SSSR count). The third-order valence-electron chi connectivity index (χ3n) is 2.48. The van der Waals surface area contributed by atoms with Crippen molar-refractivity contribution in [2.75, 3.05) is 18.1 Å². The summed E-state index contributed by atoms with van der Waals surface area (Å²) < 4.78 is 41.1. The Morgan fingerprint density at radius 3 is 2.52 bits per heavy atom. The van der Waals surface area contributed by atoms with Crippen LogP contribution in [0.2, 0.25) is 0 Å². The Morgan fingerprint density at radius 2 is 1.95 bits per heavy atom. The van der Waals surface area contributed by atoms with E-state index >= 15 is 0 Å². The monoisotopic (exact) mass is 319 g/mol. The van der Waals surface area contributed by atoms with Gasteiger partial charge in [0.15, 0.2) is 9.84 Å². The highest BCUT2D eigenvalue weighted by Crippen LogP contribution is 2.19. The number of hydrogen-bond acceptors (Lipinski definition) is 5. The largest absolute Gasteiger partial charge is 0.492 e. The van der Waals surface area contributed by atoms with Gasteiger partial charge in [-0.2, -0.15) is 0 Å². The number of primary amides is 1. The van der Waals surface area contributed by atoms with E-state index in [2.05, 4.69) is 0 Å². The van der Waals surface area contributed by atoms with Crippen LogP contribution in [-0.4, -0.2) is 43.5 Å². The van der Waals surface area contributed by atoms with Gasteiger partial charge >= 0.3 is 5.97 Å². The Labute approximate surface area is 120 Å². The fraction of sp³-hybridized carbons (Fsp3) is 0.333. The molecule has 0 aromatic heterocycles. The molecule has 0 radical (unpaired) electrons. The van der Waals surface area contributed by atoms with E-state index in [1.807, 2.05) is 0 Å². The second-order valence-electron chi connectivity index (χ2n) is 4.16. The lowest BCUT2D eigenvalue weighted by atomic mass is 10.2. The van der Waals surface area contributed by atoms with Gasteiger partial charge in [-0.1, -0.05) is 0 Å². The summed E-state index contributed by atoms with van der Waals surface area (Å²) in [5.74, 6) is -3.80. The molecule has 9 heteroatoms. The molecule has 0 aliphatic carbocycles. The predicted octanol–water partition coefficient (Wildman–Crippen LogP) is 0.193. The average Bonchev–Trinajstić information content (AvgIpc) is 2.38. The highest BCUT2D eigenvalue weighted by Gasteiger charge is 2.15. The molecule has 0 aliphatic rings. The number of carbonyl (C=O) groups excluding carboxylic acids is 1. The summed E-state index contributed by atoms with van der Waals surface area (Å²) >= 11 is 0. The summed E-state index contributed by atoms with van der Waals surface area (Å²) in [5, 5.41) is 8.88. The zero-order chi connectivity index (χ0) is 16.0. The summed E-state index contributed by atoms with van der Waals surface area (Å²) in [5.41, 5.74) is 4.45. The molecule has 1 aromatic carbocycles. The van der Waals surface area contributed by atoms with Gasteiger partial charge in [-0.3, -0.25) is 4.79 Å². The first-order valence-electron chi connectivity index (χ1n) is 5.85. The van der Waals surface area contributed by atoms with Gasteiger partial charge in [-0.05, 0) is 18.2 Å². The van der Waals surface area contributed by atoms with E-state index in [0.29, 0.717) is 0 Å². The van der Waals surface area contributed by atoms with Crippen molar-refractivity contribution in [2.24, 2.45) is 5.73 Å². The number of rotatable bonds is 8. The SMILES string of the molecule is NC(=O)CCS(=O)(=O)CCOc1ccc(F)cc1C(=O)O. The smallest absolute Gasteiger partial charge is 0.339 e. The Morgan fingerprint density at radius 1 is 1.29 bits per heavy atom. The van der Waals surface area contributed by atoms with Gasteiger partial charge in [0.05, 0.1) is 11.5 Å². The van der Waals surface area contributed by atoms with Crippen molar-refractivity contribution in [2.45, 2.75) is 6.42 Å². The summed E-state index contributed by atoms with van der Waals surface area (Å²) in [6, 6.07) is 2.89. The van der Waals surface area contributed by atoms with Crippen molar-refractivity contribution in [1.29, 1.82) is 0 Å². The highest BCUT2D eigenvalue weighted by molar-refractivity contribution is 7.91. The fourth-order valence-corrected chi connectivity index (χ4v) is 2.49. The van der Waals surface area contributed by atoms with Gasteiger partial charge in [-0.25, -0.2) is 17.6 Å². The van der Waals surface area contributed by atoms with Crippen LogP contribution in [0.25, 0.3) is 0 Å². The number of carbonyl (C=O) groups is 2. The Hall–Kier alpha value is -2.16. The number of ether oxygens (including phenoxy) is 1. The number of carboxylic acids is 1. The molecule has 0 saturated heterocycles. The van der Waals surface area contributed by atoms with Crippen molar-refractivity contribution in [3.05, 3.63) is 29.6 Å². The molecule has 0 atom stereocenters. The quantitative estimate of drug-likeness (QED) is 0.705. The van der Waals surface area contributed by atoms with Crippen molar-refractivity contribution < 1.29 is 32.2 Å². The topological polar surface area (TPSA) is 124 Å². The highest BCUT2D eigenvalue weighted by atomic mass is 32.2. The number of sulfone groups is 1. The summed E-state index contributed by atoms with van der Waals surface area (Å²) in [7, 11) is -3.54. The number of carboxylic acid groups (broad SMARTS) is 1. The molecule has 1 aromatic rings. The van der Waals surface area contributed by atoms with Crippen LogP contribution in [0.3, 0.4) is 0 Å². The molecular weight excluding hydrogens is 305 g/mol. The minimum Gasteiger partial charge on any atom is -0.492 e. The lowest BCUT2D eigenvalue weighted by Crippen LogP contribution is -2.22. The first kappa shape index (κ1) is 16.9. The van der Waals surface area contributed by atoms with Crippen molar-refractivity contribution in [3.8, 4) is 5.75 Å². The van der Waals surface area contributed by atoms with Gasteiger partial charge < -0.3 is 15.6 Å². The predicted molar refractivity (Wildman–Crippen MR) is 71.3 cm³/mol. The van der Waals surface area contributed by atoms with Gasteiger partial charge in [0.1, 0.15) is 23.7 Å². The first-order chi connectivity index (χ1) is 9.71. The van der Waals surface area contributed by atoms with Gasteiger partial charge in [0, 0.05) is 6.42 Å². The maximum absolute atomic E-state index is 12.9. The van der Waals surface area contributed by atoms with E-state index in [9.17, 15) is 22.4 Å². The lowest BCUT2D eigenvalue weighted by molar-refractivity contribution is -0.117. The average molecular weight is 319 g/mol. The minimum atomic E-state index is -3.54. The molecule has 0 heterocycles. The van der Waals surface area contributed by atoms with Gasteiger partial charge in [-0.15, -0.1) is 0 Å². The van der Waals surface area contributed by atoms with Crippen LogP contribution in [-0.2, 0) is 14.6 Å². The second kappa shape index (κ2) is 7.02. The molecule has 0 bridgehead atoms. The Balaban J connectivity index is 2.64. The first-order valence-corrected chi connectivity index (χ1v) is 7.68. The number of aromatic carboxylic acids is 1. The van der Waals surface area contributed by atoms with E-state index in [4.69, 9.17) is 15.6 Å². The lowest BCUT2D eigenvalue weighted by Gasteiger charge is -2.09. The molecular formula is C12H14FNO6S. The Bertz CT molecular complexity index is 643. The van der Waals surface area contributed by atoms with Crippen LogP contribution >= 0.6 is 0 Å². The third-order valence-corrected chi connectivity index (χ3v) is 4.10. The summed E-state index contributed by atoms with van der Waals surface area (Å²) in [6.45, 7) is -0.312. The number of hydrogen-bond donors (Lipinski definition) is 2. The zero-order valence-electron chi connectivity index (χ0n) is 10.9. The molecule has 0 saturated carbocycles. The second-order valence-corrected chi connectivity index (χ2v) is 6.47. The van der Waals surface area contributed by atoms with E-state index < -0.39 is 44.6 Å². The minimum absolute atomic E-state index is 0.131. The van der Waals surface area contributed by atoms with E-state index in [1.54, 1.807) is 0 Å². The van der Waals surface area contributed by atoms with Crippen LogP contribution in [0.4, 0.5) is 4.39 Å². The normalized spacial score (nSPS) is 11.1. The molecule has 0 fully saturated rings. The maximum atomic E-state index is 12.9. The molecule has 0 aliphatic heterocycles. The van der Waals surface area contributed by atoms with E-state index in [0.717, 1.165) is 18.2 Å². The maximum Gasteiger partial charge on any atom is 0.339 e. The van der Waals surface area contributed by atoms with Gasteiger partial charge in [0.2, 0.25) is 5.91 Å². The number of amides is 1. The zero-order valence-corrected chi connectivity index (χ0v) is 11.7.